The maximum atomic E-state index is 8.27. The summed E-state index contributed by atoms with van der Waals surface area (Å²) in [5.74, 6) is 2.44. The van der Waals surface area contributed by atoms with Gasteiger partial charge in [-0.25, -0.2) is 0 Å². The molecule has 0 radical (unpaired) electrons. The second-order valence-electron chi connectivity index (χ2n) is 5.39. The van der Waals surface area contributed by atoms with Crippen LogP contribution in [0.2, 0.25) is 0 Å². The third-order valence-electron chi connectivity index (χ3n) is 4.10. The van der Waals surface area contributed by atoms with Gasteiger partial charge >= 0.3 is 0 Å². The van der Waals surface area contributed by atoms with Gasteiger partial charge in [0.15, 0.2) is 0 Å². The summed E-state index contributed by atoms with van der Waals surface area (Å²) in [6.07, 6.45) is 9.15. The van der Waals surface area contributed by atoms with Crippen molar-refractivity contribution < 1.29 is 0 Å². The molecule has 0 spiro atoms. The van der Waals surface area contributed by atoms with Crippen LogP contribution in [0.25, 0.3) is 0 Å². The van der Waals surface area contributed by atoms with E-state index in [1.807, 2.05) is 0 Å². The van der Waals surface area contributed by atoms with E-state index in [-0.39, 0.29) is 0 Å². The molecular weight excluding hydrogens is 184 g/mol. The van der Waals surface area contributed by atoms with Crippen LogP contribution in [-0.4, -0.2) is 23.8 Å². The van der Waals surface area contributed by atoms with E-state index in [4.69, 9.17) is 5.41 Å². The minimum Gasteiger partial charge on any atom is -0.360 e. The molecule has 0 atom stereocenters. The minimum absolute atomic E-state index is 0.583. The molecular formula is C13H24N2. The molecule has 86 valence electrons. The van der Waals surface area contributed by atoms with Gasteiger partial charge in [0, 0.05) is 19.0 Å². The van der Waals surface area contributed by atoms with Crippen molar-refractivity contribution in [3.63, 3.8) is 0 Å². The van der Waals surface area contributed by atoms with Crippen LogP contribution in [0.3, 0.4) is 0 Å². The molecule has 1 aliphatic carbocycles. The molecule has 1 aliphatic heterocycles. The molecule has 2 heteroatoms. The second-order valence-corrected chi connectivity index (χ2v) is 5.39. The first kappa shape index (κ1) is 11.0. The molecule has 0 aromatic rings. The first-order valence-corrected chi connectivity index (χ1v) is 6.61. The standard InChI is InChI=1S/C13H24N2/c1-11-5-7-12(8-6-11)13(14)15-9-3-2-4-10-15/h11-12,14H,2-10H2,1H3. The van der Waals surface area contributed by atoms with Crippen LogP contribution < -0.4 is 0 Å². The van der Waals surface area contributed by atoms with E-state index in [0.717, 1.165) is 24.8 Å². The van der Waals surface area contributed by atoms with Crippen LogP contribution in [0.5, 0.6) is 0 Å². The van der Waals surface area contributed by atoms with Gasteiger partial charge in [-0.2, -0.15) is 0 Å². The van der Waals surface area contributed by atoms with Crippen LogP contribution >= 0.6 is 0 Å². The zero-order valence-electron chi connectivity index (χ0n) is 9.97. The summed E-state index contributed by atoms with van der Waals surface area (Å²) in [5, 5.41) is 8.27. The van der Waals surface area contributed by atoms with Gasteiger partial charge < -0.3 is 4.90 Å². The highest BCUT2D eigenvalue weighted by atomic mass is 15.2. The topological polar surface area (TPSA) is 27.1 Å². The van der Waals surface area contributed by atoms with Crippen molar-refractivity contribution in [2.45, 2.75) is 51.9 Å². The maximum absolute atomic E-state index is 8.27. The third kappa shape index (κ3) is 2.73. The Labute approximate surface area is 93.6 Å². The lowest BCUT2D eigenvalue weighted by molar-refractivity contribution is 0.285. The number of nitrogens with zero attached hydrogens (tertiary/aromatic N) is 1. The molecule has 0 bridgehead atoms. The van der Waals surface area contributed by atoms with Crippen LogP contribution in [0.4, 0.5) is 0 Å². The number of amidine groups is 1. The highest BCUT2D eigenvalue weighted by molar-refractivity contribution is 5.81. The average molecular weight is 208 g/mol. The zero-order valence-corrected chi connectivity index (χ0v) is 9.97. The molecule has 1 saturated carbocycles. The molecule has 1 saturated heterocycles. The zero-order chi connectivity index (χ0) is 10.7. The fraction of sp³-hybridized carbons (Fsp3) is 0.923. The number of likely N-dealkylation sites (tertiary alicyclic amines) is 1. The maximum Gasteiger partial charge on any atom is 0.0989 e. The molecule has 0 unspecified atom stereocenters. The number of hydrogen-bond acceptors (Lipinski definition) is 1. The van der Waals surface area contributed by atoms with Gasteiger partial charge in [-0.05, 0) is 38.0 Å². The normalized spacial score (nSPS) is 32.7. The minimum atomic E-state index is 0.583. The molecule has 1 N–H and O–H groups in total. The molecule has 0 aromatic heterocycles. The summed E-state index contributed by atoms with van der Waals surface area (Å²) in [6, 6.07) is 0. The fourth-order valence-electron chi connectivity index (χ4n) is 2.93. The van der Waals surface area contributed by atoms with Crippen molar-refractivity contribution in [1.29, 1.82) is 5.41 Å². The Hall–Kier alpha value is -0.530. The lowest BCUT2D eigenvalue weighted by Gasteiger charge is -2.35. The monoisotopic (exact) mass is 208 g/mol. The van der Waals surface area contributed by atoms with Crippen LogP contribution in [0.15, 0.2) is 0 Å². The summed E-state index contributed by atoms with van der Waals surface area (Å²) in [4.78, 5) is 2.34. The first-order chi connectivity index (χ1) is 7.27. The van der Waals surface area contributed by atoms with Gasteiger partial charge in [0.05, 0.1) is 5.84 Å². The Morgan fingerprint density at radius 2 is 1.60 bits per heavy atom. The molecule has 0 amide bonds. The fourth-order valence-corrected chi connectivity index (χ4v) is 2.93. The molecule has 15 heavy (non-hydrogen) atoms. The largest absolute Gasteiger partial charge is 0.360 e. The van der Waals surface area contributed by atoms with E-state index in [9.17, 15) is 0 Å². The summed E-state index contributed by atoms with van der Waals surface area (Å²) >= 11 is 0. The van der Waals surface area contributed by atoms with Gasteiger partial charge in [-0.15, -0.1) is 0 Å². The Morgan fingerprint density at radius 1 is 1.00 bits per heavy atom. The van der Waals surface area contributed by atoms with E-state index in [1.165, 1.54) is 44.9 Å². The average Bonchev–Trinajstić information content (AvgIpc) is 2.30. The summed E-state index contributed by atoms with van der Waals surface area (Å²) in [6.45, 7) is 4.64. The van der Waals surface area contributed by atoms with Gasteiger partial charge in [0.2, 0.25) is 0 Å². The summed E-state index contributed by atoms with van der Waals surface area (Å²) in [5.41, 5.74) is 0. The first-order valence-electron chi connectivity index (χ1n) is 6.61. The Bertz CT molecular complexity index is 211. The number of piperidine rings is 1. The molecule has 2 nitrogen and oxygen atoms in total. The highest BCUT2D eigenvalue weighted by Crippen LogP contribution is 2.30. The van der Waals surface area contributed by atoms with Gasteiger partial charge in [0.1, 0.15) is 0 Å². The van der Waals surface area contributed by atoms with Crippen LogP contribution in [0, 0.1) is 17.2 Å². The number of nitrogens with one attached hydrogen (secondary N) is 1. The molecule has 2 aliphatic rings. The van der Waals surface area contributed by atoms with E-state index in [1.54, 1.807) is 0 Å². The van der Waals surface area contributed by atoms with E-state index in [0.29, 0.717) is 5.92 Å². The predicted octanol–water partition coefficient (Wildman–Crippen LogP) is 3.28. The highest BCUT2D eigenvalue weighted by Gasteiger charge is 2.25. The van der Waals surface area contributed by atoms with Crippen LogP contribution in [0.1, 0.15) is 51.9 Å². The SMILES string of the molecule is CC1CCC(C(=N)N2CCCCC2)CC1. The van der Waals surface area contributed by atoms with E-state index in [2.05, 4.69) is 11.8 Å². The molecule has 1 heterocycles. The molecule has 2 fully saturated rings. The van der Waals surface area contributed by atoms with Gasteiger partial charge in [0.25, 0.3) is 0 Å². The van der Waals surface area contributed by atoms with Gasteiger partial charge in [-0.1, -0.05) is 19.8 Å². The molecule has 2 rings (SSSR count). The van der Waals surface area contributed by atoms with Crippen molar-refractivity contribution in [3.05, 3.63) is 0 Å². The smallest absolute Gasteiger partial charge is 0.0989 e. The van der Waals surface area contributed by atoms with Gasteiger partial charge in [-0.3, -0.25) is 5.41 Å². The van der Waals surface area contributed by atoms with Crippen molar-refractivity contribution in [2.75, 3.05) is 13.1 Å². The lowest BCUT2D eigenvalue weighted by Crippen LogP contribution is -2.40. The quantitative estimate of drug-likeness (QED) is 0.519. The molecule has 0 aromatic carbocycles. The predicted molar refractivity (Wildman–Crippen MR) is 64.3 cm³/mol. The van der Waals surface area contributed by atoms with E-state index >= 15 is 0 Å². The lowest BCUT2D eigenvalue weighted by atomic mass is 9.82. The van der Waals surface area contributed by atoms with Crippen molar-refractivity contribution in [3.8, 4) is 0 Å². The van der Waals surface area contributed by atoms with E-state index < -0.39 is 0 Å². The third-order valence-corrected chi connectivity index (χ3v) is 4.10. The Kier molecular flexibility index (Phi) is 3.66. The number of hydrogen-bond donors (Lipinski definition) is 1. The Morgan fingerprint density at radius 3 is 2.20 bits per heavy atom. The van der Waals surface area contributed by atoms with Crippen molar-refractivity contribution in [2.24, 2.45) is 11.8 Å². The Balaban J connectivity index is 1.84. The second kappa shape index (κ2) is 5.00. The summed E-state index contributed by atoms with van der Waals surface area (Å²) in [7, 11) is 0. The van der Waals surface area contributed by atoms with Crippen LogP contribution in [-0.2, 0) is 0 Å². The summed E-state index contributed by atoms with van der Waals surface area (Å²) < 4.78 is 0. The number of rotatable bonds is 1. The van der Waals surface area contributed by atoms with Crippen molar-refractivity contribution in [1.82, 2.24) is 4.90 Å². The van der Waals surface area contributed by atoms with Crippen molar-refractivity contribution >= 4 is 5.84 Å².